The van der Waals surface area contributed by atoms with E-state index in [1.807, 2.05) is 36.5 Å². The Kier molecular flexibility index (Phi) is 6.77. The molecule has 2 amide bonds. The second kappa shape index (κ2) is 9.05. The summed E-state index contributed by atoms with van der Waals surface area (Å²) >= 11 is 0. The molecule has 2 N–H and O–H groups in total. The first-order valence-electron chi connectivity index (χ1n) is 7.85. The standard InChI is InChI=1S/C17H24N4O3/c1-20(12-16(22)13-24-2)17(23)18-10-8-14-4-6-15(7-5-14)21-11-3-9-19-21/h3-7,9,11,16,22H,8,10,12-13H2,1-2H3,(H,18,23)/t16-/m0/s1. The van der Waals surface area contributed by atoms with Gasteiger partial charge in [0.05, 0.1) is 24.9 Å². The van der Waals surface area contributed by atoms with Crippen molar-refractivity contribution in [3.05, 3.63) is 48.3 Å². The number of aliphatic hydroxyl groups excluding tert-OH is 1. The maximum Gasteiger partial charge on any atom is 0.317 e. The van der Waals surface area contributed by atoms with Gasteiger partial charge in [-0.15, -0.1) is 0 Å². The highest BCUT2D eigenvalue weighted by Gasteiger charge is 2.12. The minimum Gasteiger partial charge on any atom is -0.389 e. The van der Waals surface area contributed by atoms with Crippen molar-refractivity contribution in [2.24, 2.45) is 0 Å². The molecule has 0 spiro atoms. The van der Waals surface area contributed by atoms with Gasteiger partial charge in [0.25, 0.3) is 0 Å². The molecule has 0 unspecified atom stereocenters. The fourth-order valence-electron chi connectivity index (χ4n) is 2.33. The summed E-state index contributed by atoms with van der Waals surface area (Å²) in [6, 6.07) is 9.71. The number of nitrogens with one attached hydrogen (secondary N) is 1. The van der Waals surface area contributed by atoms with Gasteiger partial charge in [-0.3, -0.25) is 0 Å². The first kappa shape index (κ1) is 18.0. The molecule has 0 radical (unpaired) electrons. The average Bonchev–Trinajstić information content (AvgIpc) is 3.10. The smallest absolute Gasteiger partial charge is 0.317 e. The Morgan fingerprint density at radius 1 is 1.42 bits per heavy atom. The third-order valence-electron chi connectivity index (χ3n) is 3.59. The van der Waals surface area contributed by atoms with E-state index in [2.05, 4.69) is 10.4 Å². The molecule has 0 aliphatic heterocycles. The Bertz CT molecular complexity index is 613. The number of carbonyl (C=O) groups excluding carboxylic acids is 1. The lowest BCUT2D eigenvalue weighted by Gasteiger charge is -2.20. The van der Waals surface area contributed by atoms with Crippen LogP contribution in [0.4, 0.5) is 4.79 Å². The highest BCUT2D eigenvalue weighted by molar-refractivity contribution is 5.73. The number of aromatic nitrogens is 2. The van der Waals surface area contributed by atoms with Gasteiger partial charge in [-0.2, -0.15) is 5.10 Å². The van der Waals surface area contributed by atoms with Crippen molar-refractivity contribution in [1.82, 2.24) is 20.0 Å². The van der Waals surface area contributed by atoms with Gasteiger partial charge in [0.15, 0.2) is 0 Å². The first-order valence-corrected chi connectivity index (χ1v) is 7.85. The number of carbonyl (C=O) groups is 1. The molecular weight excluding hydrogens is 308 g/mol. The van der Waals surface area contributed by atoms with Gasteiger partial charge < -0.3 is 20.1 Å². The number of amides is 2. The van der Waals surface area contributed by atoms with E-state index in [1.54, 1.807) is 17.9 Å². The van der Waals surface area contributed by atoms with Crippen molar-refractivity contribution in [3.8, 4) is 5.69 Å². The maximum absolute atomic E-state index is 11.9. The molecule has 0 saturated heterocycles. The van der Waals surface area contributed by atoms with E-state index in [4.69, 9.17) is 4.74 Å². The molecule has 1 aromatic heterocycles. The van der Waals surface area contributed by atoms with Crippen LogP contribution >= 0.6 is 0 Å². The minimum absolute atomic E-state index is 0.209. The van der Waals surface area contributed by atoms with Crippen molar-refractivity contribution < 1.29 is 14.6 Å². The summed E-state index contributed by atoms with van der Waals surface area (Å²) in [5.41, 5.74) is 2.13. The molecule has 24 heavy (non-hydrogen) atoms. The molecule has 7 heteroatoms. The number of rotatable bonds is 8. The predicted octanol–water partition coefficient (Wildman–Crippen LogP) is 1.06. The van der Waals surface area contributed by atoms with Crippen LogP contribution in [0.5, 0.6) is 0 Å². The molecule has 7 nitrogen and oxygen atoms in total. The normalized spacial score (nSPS) is 12.0. The van der Waals surface area contributed by atoms with Crippen LogP contribution in [0.25, 0.3) is 5.69 Å². The summed E-state index contributed by atoms with van der Waals surface area (Å²) in [7, 11) is 3.16. The van der Waals surface area contributed by atoms with E-state index < -0.39 is 6.10 Å². The van der Waals surface area contributed by atoms with Crippen molar-refractivity contribution in [2.75, 3.05) is 33.9 Å². The van der Waals surface area contributed by atoms with Crippen LogP contribution in [0.15, 0.2) is 42.7 Å². The van der Waals surface area contributed by atoms with E-state index in [9.17, 15) is 9.90 Å². The zero-order valence-electron chi connectivity index (χ0n) is 14.1. The highest BCUT2D eigenvalue weighted by atomic mass is 16.5. The lowest BCUT2D eigenvalue weighted by Crippen LogP contribution is -2.42. The number of methoxy groups -OCH3 is 1. The van der Waals surface area contributed by atoms with Crippen molar-refractivity contribution in [2.45, 2.75) is 12.5 Å². The van der Waals surface area contributed by atoms with E-state index in [-0.39, 0.29) is 19.2 Å². The fourth-order valence-corrected chi connectivity index (χ4v) is 2.33. The molecule has 130 valence electrons. The van der Waals surface area contributed by atoms with Gasteiger partial charge in [-0.1, -0.05) is 12.1 Å². The third-order valence-corrected chi connectivity index (χ3v) is 3.59. The number of benzene rings is 1. The highest BCUT2D eigenvalue weighted by Crippen LogP contribution is 2.08. The lowest BCUT2D eigenvalue weighted by molar-refractivity contribution is 0.0490. The first-order chi connectivity index (χ1) is 11.6. The number of hydrogen-bond acceptors (Lipinski definition) is 4. The van der Waals surface area contributed by atoms with Crippen LogP contribution < -0.4 is 5.32 Å². The lowest BCUT2D eigenvalue weighted by atomic mass is 10.1. The van der Waals surface area contributed by atoms with Crippen LogP contribution in [0.2, 0.25) is 0 Å². The molecule has 0 bridgehead atoms. The number of urea groups is 1. The van der Waals surface area contributed by atoms with Crippen molar-refractivity contribution in [1.29, 1.82) is 0 Å². The van der Waals surface area contributed by atoms with E-state index in [0.29, 0.717) is 6.54 Å². The number of ether oxygens (including phenoxy) is 1. The molecular formula is C17H24N4O3. The Morgan fingerprint density at radius 2 is 2.17 bits per heavy atom. The van der Waals surface area contributed by atoms with E-state index in [0.717, 1.165) is 17.7 Å². The minimum atomic E-state index is -0.680. The Balaban J connectivity index is 1.74. The molecule has 1 aromatic carbocycles. The van der Waals surface area contributed by atoms with E-state index >= 15 is 0 Å². The largest absolute Gasteiger partial charge is 0.389 e. The van der Waals surface area contributed by atoms with Crippen LogP contribution in [0, 0.1) is 0 Å². The van der Waals surface area contributed by atoms with Crippen molar-refractivity contribution >= 4 is 6.03 Å². The summed E-state index contributed by atoms with van der Waals surface area (Å²) < 4.78 is 6.64. The quantitative estimate of drug-likeness (QED) is 0.758. The molecule has 0 aliphatic rings. The Morgan fingerprint density at radius 3 is 2.79 bits per heavy atom. The second-order valence-corrected chi connectivity index (χ2v) is 5.59. The zero-order valence-corrected chi connectivity index (χ0v) is 14.1. The average molecular weight is 332 g/mol. The number of aliphatic hydroxyl groups is 1. The fraction of sp³-hybridized carbons (Fsp3) is 0.412. The summed E-state index contributed by atoms with van der Waals surface area (Å²) in [5.74, 6) is 0. The number of nitrogens with zero attached hydrogens (tertiary/aromatic N) is 3. The molecule has 1 heterocycles. The molecule has 1 atom stereocenters. The summed E-state index contributed by atoms with van der Waals surface area (Å²) in [6.45, 7) is 0.975. The molecule has 2 aromatic rings. The van der Waals surface area contributed by atoms with Gasteiger partial charge in [-0.25, -0.2) is 9.48 Å². The monoisotopic (exact) mass is 332 g/mol. The SMILES string of the molecule is COC[C@@H](O)CN(C)C(=O)NCCc1ccc(-n2cccn2)cc1. The Hall–Kier alpha value is -2.38. The van der Waals surface area contributed by atoms with Gasteiger partial charge in [-0.05, 0) is 30.2 Å². The summed E-state index contributed by atoms with van der Waals surface area (Å²) in [5, 5.41) is 16.6. The predicted molar refractivity (Wildman–Crippen MR) is 91.2 cm³/mol. The van der Waals surface area contributed by atoms with Crippen LogP contribution in [0.1, 0.15) is 5.56 Å². The maximum atomic E-state index is 11.9. The van der Waals surface area contributed by atoms with Gasteiger partial charge >= 0.3 is 6.03 Å². The van der Waals surface area contributed by atoms with E-state index in [1.165, 1.54) is 12.0 Å². The van der Waals surface area contributed by atoms with Gasteiger partial charge in [0, 0.05) is 33.1 Å². The zero-order chi connectivity index (χ0) is 17.4. The third kappa shape index (κ3) is 5.36. The molecule has 2 rings (SSSR count). The molecule has 0 aliphatic carbocycles. The molecule has 0 saturated carbocycles. The van der Waals surface area contributed by atoms with Crippen molar-refractivity contribution in [3.63, 3.8) is 0 Å². The van der Waals surface area contributed by atoms with Crippen LogP contribution in [-0.2, 0) is 11.2 Å². The number of hydrogen-bond donors (Lipinski definition) is 2. The summed E-state index contributed by atoms with van der Waals surface area (Å²) in [6.07, 6.45) is 3.69. The van der Waals surface area contributed by atoms with Gasteiger partial charge in [0.1, 0.15) is 0 Å². The summed E-state index contributed by atoms with van der Waals surface area (Å²) in [4.78, 5) is 13.4. The van der Waals surface area contributed by atoms with Gasteiger partial charge in [0.2, 0.25) is 0 Å². The second-order valence-electron chi connectivity index (χ2n) is 5.59. The van der Waals surface area contributed by atoms with Crippen LogP contribution in [0.3, 0.4) is 0 Å². The number of likely N-dealkylation sites (N-methyl/N-ethyl adjacent to an activating group) is 1. The Labute approximate surface area is 141 Å². The topological polar surface area (TPSA) is 79.6 Å². The molecule has 0 fully saturated rings. The van der Waals surface area contributed by atoms with Crippen LogP contribution in [-0.4, -0.2) is 65.8 Å².